The molecular weight excluding hydrogens is 260 g/mol. The molecule has 1 heterocycles. The molecule has 1 aliphatic rings. The Morgan fingerprint density at radius 2 is 1.79 bits per heavy atom. The maximum Gasteiger partial charge on any atom is 0.245 e. The molecule has 4 nitrogen and oxygen atoms in total. The minimum absolute atomic E-state index is 0.0365. The van der Waals surface area contributed by atoms with E-state index in [1.807, 2.05) is 20.8 Å². The van der Waals surface area contributed by atoms with E-state index in [4.69, 9.17) is 5.73 Å². The zero-order valence-corrected chi connectivity index (χ0v) is 12.6. The third kappa shape index (κ3) is 2.62. The van der Waals surface area contributed by atoms with Crippen LogP contribution in [0, 0.1) is 6.92 Å². The first-order valence-corrected chi connectivity index (χ1v) is 8.17. The maximum absolute atomic E-state index is 12.8. The van der Waals surface area contributed by atoms with Gasteiger partial charge in [0.05, 0.1) is 5.69 Å². The Kier molecular flexibility index (Phi) is 3.87. The van der Waals surface area contributed by atoms with Gasteiger partial charge in [0.2, 0.25) is 10.0 Å². The molecule has 1 aliphatic heterocycles. The van der Waals surface area contributed by atoms with Crippen LogP contribution < -0.4 is 5.73 Å². The maximum atomic E-state index is 12.8. The lowest BCUT2D eigenvalue weighted by atomic mass is 10.0. The molecular formula is C14H22N2O2S. The summed E-state index contributed by atoms with van der Waals surface area (Å²) in [6.45, 7) is 5.84. The van der Waals surface area contributed by atoms with Crippen molar-refractivity contribution in [2.45, 2.75) is 57.0 Å². The zero-order chi connectivity index (χ0) is 14.2. The first kappa shape index (κ1) is 14.3. The Labute approximate surface area is 115 Å². The summed E-state index contributed by atoms with van der Waals surface area (Å²) in [6, 6.07) is 5.20. The fraction of sp³-hybridized carbons (Fsp3) is 0.571. The van der Waals surface area contributed by atoms with E-state index in [0.29, 0.717) is 5.69 Å². The fourth-order valence-electron chi connectivity index (χ4n) is 2.89. The van der Waals surface area contributed by atoms with Crippen LogP contribution in [0.1, 0.15) is 38.7 Å². The van der Waals surface area contributed by atoms with E-state index < -0.39 is 10.0 Å². The number of hydrogen-bond acceptors (Lipinski definition) is 3. The van der Waals surface area contributed by atoms with E-state index in [0.717, 1.165) is 24.8 Å². The highest BCUT2D eigenvalue weighted by Gasteiger charge is 2.36. The molecule has 2 N–H and O–H groups in total. The lowest BCUT2D eigenvalue weighted by Crippen LogP contribution is -2.47. The number of aryl methyl sites for hydroxylation is 1. The van der Waals surface area contributed by atoms with Crippen molar-refractivity contribution >= 4 is 15.7 Å². The SMILES string of the molecule is Cc1ccc(S(=O)(=O)N2[C@H](C)CCC[C@@H]2C)c(N)c1. The van der Waals surface area contributed by atoms with Crippen LogP contribution in [0.4, 0.5) is 5.69 Å². The molecule has 0 radical (unpaired) electrons. The lowest BCUT2D eigenvalue weighted by Gasteiger charge is -2.37. The van der Waals surface area contributed by atoms with Crippen LogP contribution in [0.2, 0.25) is 0 Å². The van der Waals surface area contributed by atoms with E-state index in [9.17, 15) is 8.42 Å². The van der Waals surface area contributed by atoms with Crippen LogP contribution in [-0.2, 0) is 10.0 Å². The van der Waals surface area contributed by atoms with Crippen LogP contribution in [0.15, 0.2) is 23.1 Å². The topological polar surface area (TPSA) is 63.4 Å². The van der Waals surface area contributed by atoms with Gasteiger partial charge >= 0.3 is 0 Å². The molecule has 0 saturated carbocycles. The number of hydrogen-bond donors (Lipinski definition) is 1. The summed E-state index contributed by atoms with van der Waals surface area (Å²) in [5.74, 6) is 0. The van der Waals surface area contributed by atoms with Gasteiger partial charge in [-0.2, -0.15) is 4.31 Å². The highest BCUT2D eigenvalue weighted by molar-refractivity contribution is 7.89. The van der Waals surface area contributed by atoms with Gasteiger partial charge in [0.15, 0.2) is 0 Å². The number of nitrogens with zero attached hydrogens (tertiary/aromatic N) is 1. The Morgan fingerprint density at radius 1 is 1.21 bits per heavy atom. The van der Waals surface area contributed by atoms with Gasteiger partial charge in [-0.25, -0.2) is 8.42 Å². The first-order valence-electron chi connectivity index (χ1n) is 6.73. The summed E-state index contributed by atoms with van der Waals surface area (Å²) < 4.78 is 27.2. The summed E-state index contributed by atoms with van der Waals surface area (Å²) in [7, 11) is -3.50. The zero-order valence-electron chi connectivity index (χ0n) is 11.8. The molecule has 2 rings (SSSR count). The average Bonchev–Trinajstić information content (AvgIpc) is 2.27. The van der Waals surface area contributed by atoms with Gasteiger partial charge in [0.25, 0.3) is 0 Å². The summed E-state index contributed by atoms with van der Waals surface area (Å²) >= 11 is 0. The van der Waals surface area contributed by atoms with Crippen molar-refractivity contribution in [2.24, 2.45) is 0 Å². The van der Waals surface area contributed by atoms with E-state index in [1.165, 1.54) is 0 Å². The number of anilines is 1. The Morgan fingerprint density at radius 3 is 2.32 bits per heavy atom. The van der Waals surface area contributed by atoms with Crippen LogP contribution >= 0.6 is 0 Å². The van der Waals surface area contributed by atoms with Crippen LogP contribution in [0.5, 0.6) is 0 Å². The average molecular weight is 282 g/mol. The summed E-state index contributed by atoms with van der Waals surface area (Å²) in [5, 5.41) is 0. The Bertz CT molecular complexity index is 559. The molecule has 1 aromatic rings. The molecule has 2 atom stereocenters. The van der Waals surface area contributed by atoms with Gasteiger partial charge in [0, 0.05) is 12.1 Å². The van der Waals surface area contributed by atoms with Crippen molar-refractivity contribution in [3.05, 3.63) is 23.8 Å². The molecule has 5 heteroatoms. The van der Waals surface area contributed by atoms with Crippen molar-refractivity contribution in [3.63, 3.8) is 0 Å². The van der Waals surface area contributed by atoms with Gasteiger partial charge in [-0.1, -0.05) is 12.5 Å². The Balaban J connectivity index is 2.46. The summed E-state index contributed by atoms with van der Waals surface area (Å²) in [4.78, 5) is 0.235. The number of benzene rings is 1. The van der Waals surface area contributed by atoms with E-state index >= 15 is 0 Å². The van der Waals surface area contributed by atoms with E-state index in [1.54, 1.807) is 22.5 Å². The molecule has 0 unspecified atom stereocenters. The van der Waals surface area contributed by atoms with Crippen molar-refractivity contribution in [3.8, 4) is 0 Å². The Hall–Kier alpha value is -1.07. The predicted molar refractivity (Wildman–Crippen MR) is 77.4 cm³/mol. The van der Waals surface area contributed by atoms with Crippen LogP contribution in [0.3, 0.4) is 0 Å². The second-order valence-corrected chi connectivity index (χ2v) is 7.32. The monoisotopic (exact) mass is 282 g/mol. The van der Waals surface area contributed by atoms with E-state index in [-0.39, 0.29) is 17.0 Å². The molecule has 1 fully saturated rings. The number of nitrogen functional groups attached to an aromatic ring is 1. The molecule has 106 valence electrons. The van der Waals surface area contributed by atoms with Crippen molar-refractivity contribution in [1.29, 1.82) is 0 Å². The lowest BCUT2D eigenvalue weighted by molar-refractivity contribution is 0.204. The van der Waals surface area contributed by atoms with E-state index in [2.05, 4.69) is 0 Å². The molecule has 0 amide bonds. The largest absolute Gasteiger partial charge is 0.398 e. The summed E-state index contributed by atoms with van der Waals surface area (Å²) in [6.07, 6.45) is 2.91. The molecule has 0 spiro atoms. The molecule has 0 aromatic heterocycles. The van der Waals surface area contributed by atoms with Crippen molar-refractivity contribution in [2.75, 3.05) is 5.73 Å². The van der Waals surface area contributed by atoms with Gasteiger partial charge in [-0.05, 0) is 51.3 Å². The van der Waals surface area contributed by atoms with Crippen molar-refractivity contribution in [1.82, 2.24) is 4.31 Å². The van der Waals surface area contributed by atoms with Gasteiger partial charge in [-0.3, -0.25) is 0 Å². The van der Waals surface area contributed by atoms with Crippen LogP contribution in [-0.4, -0.2) is 24.8 Å². The molecule has 0 aliphatic carbocycles. The van der Waals surface area contributed by atoms with Crippen molar-refractivity contribution < 1.29 is 8.42 Å². The van der Waals surface area contributed by atoms with Gasteiger partial charge < -0.3 is 5.73 Å². The van der Waals surface area contributed by atoms with Gasteiger partial charge in [0.1, 0.15) is 4.90 Å². The number of nitrogens with two attached hydrogens (primary N) is 1. The number of piperidine rings is 1. The minimum atomic E-state index is -3.50. The highest BCUT2D eigenvalue weighted by atomic mass is 32.2. The quantitative estimate of drug-likeness (QED) is 0.848. The van der Waals surface area contributed by atoms with Gasteiger partial charge in [-0.15, -0.1) is 0 Å². The molecule has 1 saturated heterocycles. The first-order chi connectivity index (χ1) is 8.84. The number of rotatable bonds is 2. The second-order valence-electron chi connectivity index (χ2n) is 5.51. The third-order valence-electron chi connectivity index (χ3n) is 3.83. The standard InChI is InChI=1S/C14H22N2O2S/c1-10-7-8-14(13(15)9-10)19(17,18)16-11(2)5-4-6-12(16)3/h7-9,11-12H,4-6,15H2,1-3H3/t11-,12+. The second kappa shape index (κ2) is 5.13. The fourth-order valence-corrected chi connectivity index (χ4v) is 4.87. The normalized spacial score (nSPS) is 25.4. The predicted octanol–water partition coefficient (Wildman–Crippen LogP) is 2.53. The smallest absolute Gasteiger partial charge is 0.245 e. The number of sulfonamides is 1. The molecule has 19 heavy (non-hydrogen) atoms. The highest BCUT2D eigenvalue weighted by Crippen LogP contribution is 2.31. The minimum Gasteiger partial charge on any atom is -0.398 e. The van der Waals surface area contributed by atoms with Crippen LogP contribution in [0.25, 0.3) is 0 Å². The molecule has 1 aromatic carbocycles. The summed E-state index contributed by atoms with van der Waals surface area (Å²) in [5.41, 5.74) is 7.21. The third-order valence-corrected chi connectivity index (χ3v) is 6.04. The molecule has 0 bridgehead atoms.